The Morgan fingerprint density at radius 3 is 1.87 bits per heavy atom. The lowest BCUT2D eigenvalue weighted by atomic mass is 10.1. The quantitative estimate of drug-likeness (QED) is 0.693. The van der Waals surface area contributed by atoms with Crippen LogP contribution in [0.3, 0.4) is 0 Å². The summed E-state index contributed by atoms with van der Waals surface area (Å²) < 4.78 is 0. The third kappa shape index (κ3) is 3.41. The summed E-state index contributed by atoms with van der Waals surface area (Å²) >= 11 is 5.81. The highest BCUT2D eigenvalue weighted by molar-refractivity contribution is 6.30. The zero-order chi connectivity index (χ0) is 9.80. The summed E-state index contributed by atoms with van der Waals surface area (Å²) in [6, 6.07) is 18.4. The van der Waals surface area contributed by atoms with E-state index in [0.29, 0.717) is 0 Å². The Morgan fingerprint density at radius 2 is 1.27 bits per heavy atom. The molecule has 0 N–H and O–H groups in total. The maximum atomic E-state index is 5.81. The molecule has 0 bridgehead atoms. The Balaban J connectivity index is 0.00000112. The van der Waals surface area contributed by atoms with Crippen LogP contribution >= 0.6 is 11.6 Å². The van der Waals surface area contributed by atoms with Gasteiger partial charge in [0.2, 0.25) is 0 Å². The van der Waals surface area contributed by atoms with E-state index in [-0.39, 0.29) is 7.43 Å². The number of benzene rings is 2. The average molecular weight is 219 g/mol. The van der Waals surface area contributed by atoms with Gasteiger partial charge in [-0.25, -0.2) is 0 Å². The normalized spacial score (nSPS) is 9.40. The van der Waals surface area contributed by atoms with Crippen LogP contribution in [0.25, 0.3) is 0 Å². The van der Waals surface area contributed by atoms with Gasteiger partial charge in [-0.2, -0.15) is 0 Å². The topological polar surface area (TPSA) is 0 Å². The molecule has 0 aliphatic heterocycles. The summed E-state index contributed by atoms with van der Waals surface area (Å²) in [4.78, 5) is 0. The first-order chi connectivity index (χ1) is 6.84. The van der Waals surface area contributed by atoms with Crippen molar-refractivity contribution in [3.05, 3.63) is 70.7 Å². The van der Waals surface area contributed by atoms with Crippen molar-refractivity contribution in [2.75, 3.05) is 0 Å². The van der Waals surface area contributed by atoms with Gasteiger partial charge < -0.3 is 0 Å². The molecule has 0 saturated heterocycles. The fourth-order valence-electron chi connectivity index (χ4n) is 1.43. The van der Waals surface area contributed by atoms with Crippen LogP contribution in [0.15, 0.2) is 54.6 Å². The number of hydrogen-bond acceptors (Lipinski definition) is 0. The lowest BCUT2D eigenvalue weighted by Crippen LogP contribution is -1.86. The third-order valence-corrected chi connectivity index (χ3v) is 2.42. The van der Waals surface area contributed by atoms with E-state index in [2.05, 4.69) is 36.4 Å². The van der Waals surface area contributed by atoms with Gasteiger partial charge in [0.05, 0.1) is 0 Å². The molecule has 15 heavy (non-hydrogen) atoms. The molecule has 0 spiro atoms. The summed E-state index contributed by atoms with van der Waals surface area (Å²) in [6.45, 7) is 0. The highest BCUT2D eigenvalue weighted by Crippen LogP contribution is 2.13. The number of hydrogen-bond donors (Lipinski definition) is 0. The molecule has 0 atom stereocenters. The van der Waals surface area contributed by atoms with Crippen LogP contribution in [-0.2, 0) is 6.42 Å². The van der Waals surface area contributed by atoms with Crippen LogP contribution in [0.5, 0.6) is 0 Å². The molecule has 0 radical (unpaired) electrons. The fraction of sp³-hybridized carbons (Fsp3) is 0.143. The van der Waals surface area contributed by atoms with Crippen LogP contribution < -0.4 is 0 Å². The van der Waals surface area contributed by atoms with Gasteiger partial charge >= 0.3 is 0 Å². The first kappa shape index (κ1) is 11.8. The smallest absolute Gasteiger partial charge is 0.0406 e. The zero-order valence-corrected chi connectivity index (χ0v) is 8.54. The number of halogens is 1. The number of rotatable bonds is 2. The molecular formula is C14H15Cl. The molecule has 0 amide bonds. The van der Waals surface area contributed by atoms with Gasteiger partial charge in [0.1, 0.15) is 0 Å². The van der Waals surface area contributed by atoms with Crippen molar-refractivity contribution in [3.63, 3.8) is 0 Å². The van der Waals surface area contributed by atoms with Crippen molar-refractivity contribution in [2.45, 2.75) is 13.8 Å². The second kappa shape index (κ2) is 5.57. The van der Waals surface area contributed by atoms with Gasteiger partial charge in [-0.3, -0.25) is 0 Å². The van der Waals surface area contributed by atoms with Crippen LogP contribution in [0.4, 0.5) is 0 Å². The lowest BCUT2D eigenvalue weighted by Gasteiger charge is -2.01. The molecule has 0 unspecified atom stereocenters. The maximum Gasteiger partial charge on any atom is 0.0406 e. The zero-order valence-electron chi connectivity index (χ0n) is 7.78. The van der Waals surface area contributed by atoms with Crippen molar-refractivity contribution in [3.8, 4) is 0 Å². The first-order valence-corrected chi connectivity index (χ1v) is 5.01. The Kier molecular flexibility index (Phi) is 4.38. The fourth-order valence-corrected chi connectivity index (χ4v) is 1.56. The van der Waals surface area contributed by atoms with Crippen molar-refractivity contribution in [2.24, 2.45) is 0 Å². The standard InChI is InChI=1S/C13H11Cl.CH4/c14-13-8-6-12(7-9-13)10-11-4-2-1-3-5-11;/h1-9H,10H2;1H4. The van der Waals surface area contributed by atoms with Crippen LogP contribution in [-0.4, -0.2) is 0 Å². The molecule has 0 fully saturated rings. The molecule has 0 aliphatic rings. The molecule has 0 heterocycles. The van der Waals surface area contributed by atoms with E-state index in [0.717, 1.165) is 11.4 Å². The van der Waals surface area contributed by atoms with Crippen molar-refractivity contribution >= 4 is 11.6 Å². The van der Waals surface area contributed by atoms with Crippen molar-refractivity contribution < 1.29 is 0 Å². The molecule has 2 aromatic rings. The minimum Gasteiger partial charge on any atom is -0.0843 e. The Labute approximate surface area is 96.5 Å². The monoisotopic (exact) mass is 218 g/mol. The molecule has 0 aromatic heterocycles. The Bertz CT molecular complexity index is 389. The van der Waals surface area contributed by atoms with E-state index in [1.54, 1.807) is 0 Å². The molecule has 0 nitrogen and oxygen atoms in total. The molecule has 0 aliphatic carbocycles. The van der Waals surface area contributed by atoms with E-state index in [1.807, 2.05) is 18.2 Å². The predicted octanol–water partition coefficient (Wildman–Crippen LogP) is 4.57. The van der Waals surface area contributed by atoms with Gasteiger partial charge in [-0.15, -0.1) is 0 Å². The van der Waals surface area contributed by atoms with E-state index in [9.17, 15) is 0 Å². The highest BCUT2D eigenvalue weighted by Gasteiger charge is 1.94. The summed E-state index contributed by atoms with van der Waals surface area (Å²) in [7, 11) is 0. The van der Waals surface area contributed by atoms with E-state index in [1.165, 1.54) is 11.1 Å². The molecule has 0 saturated carbocycles. The molecular weight excluding hydrogens is 204 g/mol. The minimum atomic E-state index is 0. The van der Waals surface area contributed by atoms with Gasteiger partial charge in [0.25, 0.3) is 0 Å². The highest BCUT2D eigenvalue weighted by atomic mass is 35.5. The second-order valence-electron chi connectivity index (χ2n) is 3.29. The Hall–Kier alpha value is -1.27. The van der Waals surface area contributed by atoms with Gasteiger partial charge in [0, 0.05) is 5.02 Å². The van der Waals surface area contributed by atoms with Gasteiger partial charge in [-0.05, 0) is 29.7 Å². The summed E-state index contributed by atoms with van der Waals surface area (Å²) in [5.41, 5.74) is 2.62. The van der Waals surface area contributed by atoms with Gasteiger partial charge in [-0.1, -0.05) is 61.5 Å². The predicted molar refractivity (Wildman–Crippen MR) is 67.4 cm³/mol. The summed E-state index contributed by atoms with van der Waals surface area (Å²) in [5, 5.41) is 0.793. The van der Waals surface area contributed by atoms with Crippen molar-refractivity contribution in [1.29, 1.82) is 0 Å². The van der Waals surface area contributed by atoms with E-state index < -0.39 is 0 Å². The second-order valence-corrected chi connectivity index (χ2v) is 3.73. The maximum absolute atomic E-state index is 5.81. The average Bonchev–Trinajstić information content (AvgIpc) is 2.23. The molecule has 1 heteroatoms. The molecule has 2 rings (SSSR count). The third-order valence-electron chi connectivity index (χ3n) is 2.16. The van der Waals surface area contributed by atoms with Crippen LogP contribution in [0, 0.1) is 0 Å². The van der Waals surface area contributed by atoms with Crippen LogP contribution in [0.1, 0.15) is 18.6 Å². The molecule has 78 valence electrons. The van der Waals surface area contributed by atoms with Crippen LogP contribution in [0.2, 0.25) is 5.02 Å². The van der Waals surface area contributed by atoms with E-state index in [4.69, 9.17) is 11.6 Å². The SMILES string of the molecule is C.Clc1ccc(Cc2ccccc2)cc1. The molecule has 2 aromatic carbocycles. The van der Waals surface area contributed by atoms with Gasteiger partial charge in [0.15, 0.2) is 0 Å². The van der Waals surface area contributed by atoms with Crippen molar-refractivity contribution in [1.82, 2.24) is 0 Å². The lowest BCUT2D eigenvalue weighted by molar-refractivity contribution is 1.19. The largest absolute Gasteiger partial charge is 0.0843 e. The minimum absolute atomic E-state index is 0. The Morgan fingerprint density at radius 1 is 0.733 bits per heavy atom. The summed E-state index contributed by atoms with van der Waals surface area (Å²) in [5.74, 6) is 0. The first-order valence-electron chi connectivity index (χ1n) is 4.63. The summed E-state index contributed by atoms with van der Waals surface area (Å²) in [6.07, 6.45) is 0.970. The van der Waals surface area contributed by atoms with E-state index >= 15 is 0 Å².